The summed E-state index contributed by atoms with van der Waals surface area (Å²) in [6, 6.07) is 5.84. The lowest BCUT2D eigenvalue weighted by Crippen LogP contribution is -2.34. The molecule has 0 amide bonds. The van der Waals surface area contributed by atoms with Gasteiger partial charge in [0.1, 0.15) is 17.9 Å². The second-order valence-corrected chi connectivity index (χ2v) is 7.14. The number of rotatable bonds is 5. The van der Waals surface area contributed by atoms with Gasteiger partial charge in [-0.15, -0.1) is 0 Å². The Hall–Kier alpha value is -3.12. The summed E-state index contributed by atoms with van der Waals surface area (Å²) < 4.78 is 16.1. The van der Waals surface area contributed by atoms with Crippen molar-refractivity contribution in [1.29, 1.82) is 0 Å². The van der Waals surface area contributed by atoms with Gasteiger partial charge >= 0.3 is 0 Å². The van der Waals surface area contributed by atoms with Gasteiger partial charge in [-0.2, -0.15) is 0 Å². The van der Waals surface area contributed by atoms with Crippen molar-refractivity contribution < 1.29 is 19.3 Å². The number of nitrogens with one attached hydrogen (secondary N) is 1. The van der Waals surface area contributed by atoms with E-state index in [0.717, 1.165) is 22.0 Å². The molecule has 2 aromatic heterocycles. The third-order valence-corrected chi connectivity index (χ3v) is 5.02. The number of ether oxygens (including phenoxy) is 3. The number of hydrogen-bond acceptors (Lipinski definition) is 7. The zero-order valence-electron chi connectivity index (χ0n) is 16.8. The molecule has 30 heavy (non-hydrogen) atoms. The van der Waals surface area contributed by atoms with Gasteiger partial charge in [0, 0.05) is 48.2 Å². The van der Waals surface area contributed by atoms with Crippen molar-refractivity contribution >= 4 is 16.9 Å². The van der Waals surface area contributed by atoms with E-state index in [-0.39, 0.29) is 5.95 Å². The monoisotopic (exact) mass is 408 g/mol. The highest BCUT2D eigenvalue weighted by molar-refractivity contribution is 5.96. The molecule has 3 aromatic rings. The maximum absolute atomic E-state index is 10.6. The van der Waals surface area contributed by atoms with E-state index in [9.17, 15) is 5.11 Å². The van der Waals surface area contributed by atoms with Gasteiger partial charge in [0.25, 0.3) is 0 Å². The van der Waals surface area contributed by atoms with Crippen LogP contribution in [0.3, 0.4) is 0 Å². The molecule has 4 N–H and O–H groups in total. The van der Waals surface area contributed by atoms with Crippen LogP contribution in [-0.2, 0) is 9.47 Å². The molecule has 0 saturated carbocycles. The Morgan fingerprint density at radius 2 is 2.13 bits per heavy atom. The molecule has 8 nitrogen and oxygen atoms in total. The molecule has 1 aliphatic heterocycles. The molecular weight excluding hydrogens is 384 g/mol. The number of nitrogen functional groups attached to an aromatic ring is 1. The van der Waals surface area contributed by atoms with Gasteiger partial charge in [0.15, 0.2) is 5.75 Å². The predicted octanol–water partition coefficient (Wildman–Crippen LogP) is 2.13. The maximum Gasteiger partial charge on any atom is 0.220 e. The molecule has 8 heteroatoms. The number of hydrogen-bond donors (Lipinski definition) is 3. The first-order chi connectivity index (χ1) is 14.6. The van der Waals surface area contributed by atoms with Crippen molar-refractivity contribution in [2.45, 2.75) is 18.4 Å². The second kappa shape index (κ2) is 8.71. The van der Waals surface area contributed by atoms with Crippen LogP contribution < -0.4 is 10.5 Å². The highest BCUT2D eigenvalue weighted by Gasteiger charge is 2.27. The number of H-pyrrole nitrogens is 1. The Balaban J connectivity index is 1.70. The van der Waals surface area contributed by atoms with Gasteiger partial charge in [0.2, 0.25) is 5.95 Å². The molecule has 4 rings (SSSR count). The zero-order chi connectivity index (χ0) is 21.0. The minimum Gasteiger partial charge on any atom is -0.487 e. The van der Waals surface area contributed by atoms with E-state index in [2.05, 4.69) is 26.8 Å². The van der Waals surface area contributed by atoms with Gasteiger partial charge in [-0.05, 0) is 18.2 Å². The summed E-state index contributed by atoms with van der Waals surface area (Å²) in [5.74, 6) is 6.81. The summed E-state index contributed by atoms with van der Waals surface area (Å²) in [5.41, 5.74) is 7.99. The lowest BCUT2D eigenvalue weighted by atomic mass is 9.95. The maximum atomic E-state index is 10.6. The fourth-order valence-electron chi connectivity index (χ4n) is 3.33. The van der Waals surface area contributed by atoms with Crippen molar-refractivity contribution in [3.8, 4) is 28.8 Å². The second-order valence-electron chi connectivity index (χ2n) is 7.14. The lowest BCUT2D eigenvalue weighted by Gasteiger charge is -2.26. The molecule has 3 heterocycles. The van der Waals surface area contributed by atoms with Gasteiger partial charge in [0.05, 0.1) is 26.0 Å². The van der Waals surface area contributed by atoms with Crippen LogP contribution in [0.5, 0.6) is 5.75 Å². The van der Waals surface area contributed by atoms with Crippen LogP contribution in [0.1, 0.15) is 18.4 Å². The number of aliphatic hydroxyl groups is 1. The number of methoxy groups -OCH3 is 1. The van der Waals surface area contributed by atoms with E-state index in [1.165, 1.54) is 0 Å². The van der Waals surface area contributed by atoms with Gasteiger partial charge in [-0.25, -0.2) is 9.97 Å². The van der Waals surface area contributed by atoms with Gasteiger partial charge < -0.3 is 30.0 Å². The average molecular weight is 408 g/mol. The number of aromatic nitrogens is 3. The summed E-state index contributed by atoms with van der Waals surface area (Å²) in [4.78, 5) is 11.7. The fourth-order valence-corrected chi connectivity index (χ4v) is 3.33. The number of aromatic amines is 1. The van der Waals surface area contributed by atoms with Gasteiger partial charge in [-0.3, -0.25) is 0 Å². The smallest absolute Gasteiger partial charge is 0.220 e. The molecule has 156 valence electrons. The molecule has 1 aliphatic rings. The molecule has 0 bridgehead atoms. The highest BCUT2D eigenvalue weighted by atomic mass is 16.5. The van der Waals surface area contributed by atoms with E-state index in [0.29, 0.717) is 50.7 Å². The zero-order valence-corrected chi connectivity index (χ0v) is 16.8. The van der Waals surface area contributed by atoms with Crippen LogP contribution in [0.4, 0.5) is 5.95 Å². The molecule has 1 fully saturated rings. The molecular formula is C22H24N4O4. The fraction of sp³-hybridized carbons (Fsp3) is 0.364. The SMILES string of the molecule is COCCOc1cnc(N)nc1-c1c[nH]c2ccc(C#CC3(O)CCOCC3)cc12. The van der Waals surface area contributed by atoms with Crippen molar-refractivity contribution in [3.63, 3.8) is 0 Å². The average Bonchev–Trinajstić information content (AvgIpc) is 3.17. The molecule has 0 atom stereocenters. The first-order valence-corrected chi connectivity index (χ1v) is 9.77. The Bertz CT molecular complexity index is 1090. The molecule has 1 saturated heterocycles. The minimum absolute atomic E-state index is 0.163. The topological polar surface area (TPSA) is 116 Å². The Morgan fingerprint density at radius 3 is 2.93 bits per heavy atom. The highest BCUT2D eigenvalue weighted by Crippen LogP contribution is 2.34. The first kappa shape index (κ1) is 20.2. The molecule has 1 aromatic carbocycles. The number of fused-ring (bicyclic) bond motifs is 1. The summed E-state index contributed by atoms with van der Waals surface area (Å²) in [6.45, 7) is 1.86. The summed E-state index contributed by atoms with van der Waals surface area (Å²) in [7, 11) is 1.61. The third kappa shape index (κ3) is 4.39. The molecule has 0 spiro atoms. The Kier molecular flexibility index (Phi) is 5.86. The first-order valence-electron chi connectivity index (χ1n) is 9.77. The van der Waals surface area contributed by atoms with Crippen LogP contribution in [0.15, 0.2) is 30.6 Å². The predicted molar refractivity (Wildman–Crippen MR) is 113 cm³/mol. The van der Waals surface area contributed by atoms with Crippen LogP contribution in [0, 0.1) is 11.8 Å². The van der Waals surface area contributed by atoms with E-state index < -0.39 is 5.60 Å². The van der Waals surface area contributed by atoms with Crippen LogP contribution >= 0.6 is 0 Å². The number of nitrogens with zero attached hydrogens (tertiary/aromatic N) is 2. The summed E-state index contributed by atoms with van der Waals surface area (Å²) in [5, 5.41) is 11.5. The van der Waals surface area contributed by atoms with E-state index in [1.54, 1.807) is 13.3 Å². The number of nitrogens with two attached hydrogens (primary N) is 1. The largest absolute Gasteiger partial charge is 0.487 e. The number of benzene rings is 1. The number of anilines is 1. The van der Waals surface area contributed by atoms with Crippen LogP contribution in [0.25, 0.3) is 22.2 Å². The van der Waals surface area contributed by atoms with Gasteiger partial charge in [-0.1, -0.05) is 11.8 Å². The summed E-state index contributed by atoms with van der Waals surface area (Å²) >= 11 is 0. The van der Waals surface area contributed by atoms with Crippen LogP contribution in [0.2, 0.25) is 0 Å². The van der Waals surface area contributed by atoms with Crippen molar-refractivity contribution in [2.24, 2.45) is 0 Å². The lowest BCUT2D eigenvalue weighted by molar-refractivity contribution is -0.0261. The molecule has 0 unspecified atom stereocenters. The quantitative estimate of drug-likeness (QED) is 0.437. The third-order valence-electron chi connectivity index (χ3n) is 5.02. The van der Waals surface area contributed by atoms with E-state index >= 15 is 0 Å². The van der Waals surface area contributed by atoms with Crippen molar-refractivity contribution in [1.82, 2.24) is 15.0 Å². The molecule has 0 aliphatic carbocycles. The van der Waals surface area contributed by atoms with Crippen LogP contribution in [-0.4, -0.2) is 59.2 Å². The van der Waals surface area contributed by atoms with E-state index in [1.807, 2.05) is 24.4 Å². The van der Waals surface area contributed by atoms with E-state index in [4.69, 9.17) is 19.9 Å². The van der Waals surface area contributed by atoms with Crippen molar-refractivity contribution in [3.05, 3.63) is 36.2 Å². The van der Waals surface area contributed by atoms with Crippen molar-refractivity contribution in [2.75, 3.05) is 39.3 Å². The Labute approximate surface area is 174 Å². The minimum atomic E-state index is -1.00. The Morgan fingerprint density at radius 1 is 1.30 bits per heavy atom. The standard InChI is InChI=1S/C22H24N4O4/c1-28-10-11-30-19-14-25-21(23)26-20(19)17-13-24-18-3-2-15(12-16(17)18)4-5-22(27)6-8-29-9-7-22/h2-3,12-14,24,27H,6-11H2,1H3,(H2,23,25,26). The summed E-state index contributed by atoms with van der Waals surface area (Å²) in [6.07, 6.45) is 4.45. The molecule has 0 radical (unpaired) electrons. The normalized spacial score (nSPS) is 15.5.